The van der Waals surface area contributed by atoms with E-state index < -0.39 is 0 Å². The minimum Gasteiger partial charge on any atom is -0.327 e. The van der Waals surface area contributed by atoms with Crippen molar-refractivity contribution in [2.45, 2.75) is 39.6 Å². The van der Waals surface area contributed by atoms with Crippen molar-refractivity contribution in [3.8, 4) is 0 Å². The average Bonchev–Trinajstić information content (AvgIpc) is 2.81. The van der Waals surface area contributed by atoms with Gasteiger partial charge in [0, 0.05) is 12.6 Å². The number of aryl methyl sites for hydroxylation is 2. The molecule has 5 heteroatoms. The van der Waals surface area contributed by atoms with Crippen LogP contribution >= 0.6 is 11.6 Å². The molecule has 0 saturated carbocycles. The van der Waals surface area contributed by atoms with Crippen LogP contribution in [-0.2, 0) is 12.4 Å². The standard InChI is InChI=1S/C16H23ClFN3/c1-4-20(5-2)7-6-8-21-15-9-12(3)13(18)10-14(15)19-16(21)11-17/h9-10H,4-8,11H2,1-3H3. The van der Waals surface area contributed by atoms with Crippen LogP contribution < -0.4 is 0 Å². The van der Waals surface area contributed by atoms with Crippen molar-refractivity contribution in [2.24, 2.45) is 0 Å². The summed E-state index contributed by atoms with van der Waals surface area (Å²) in [7, 11) is 0. The zero-order valence-electron chi connectivity index (χ0n) is 13.0. The summed E-state index contributed by atoms with van der Waals surface area (Å²) in [5, 5.41) is 0. The Hall–Kier alpha value is -1.13. The first-order valence-electron chi connectivity index (χ1n) is 7.54. The van der Waals surface area contributed by atoms with Crippen LogP contribution in [0, 0.1) is 12.7 Å². The Balaban J connectivity index is 2.23. The smallest absolute Gasteiger partial charge is 0.128 e. The maximum Gasteiger partial charge on any atom is 0.128 e. The number of fused-ring (bicyclic) bond motifs is 1. The molecule has 0 bridgehead atoms. The molecule has 0 aliphatic heterocycles. The van der Waals surface area contributed by atoms with Crippen molar-refractivity contribution in [3.05, 3.63) is 29.3 Å². The highest BCUT2D eigenvalue weighted by molar-refractivity contribution is 6.16. The number of hydrogen-bond acceptors (Lipinski definition) is 2. The third-order valence-corrected chi connectivity index (χ3v) is 4.22. The molecule has 0 aliphatic rings. The predicted octanol–water partition coefficient (Wildman–Crippen LogP) is 3.95. The summed E-state index contributed by atoms with van der Waals surface area (Å²) < 4.78 is 15.8. The van der Waals surface area contributed by atoms with Gasteiger partial charge in [-0.05, 0) is 44.6 Å². The van der Waals surface area contributed by atoms with E-state index in [2.05, 4.69) is 28.3 Å². The summed E-state index contributed by atoms with van der Waals surface area (Å²) in [6.07, 6.45) is 1.04. The van der Waals surface area contributed by atoms with E-state index in [-0.39, 0.29) is 5.82 Å². The lowest BCUT2D eigenvalue weighted by Crippen LogP contribution is -2.25. The van der Waals surface area contributed by atoms with E-state index in [9.17, 15) is 4.39 Å². The fraction of sp³-hybridized carbons (Fsp3) is 0.562. The lowest BCUT2D eigenvalue weighted by molar-refractivity contribution is 0.293. The van der Waals surface area contributed by atoms with Gasteiger partial charge in [0.15, 0.2) is 0 Å². The van der Waals surface area contributed by atoms with Gasteiger partial charge < -0.3 is 9.47 Å². The van der Waals surface area contributed by atoms with E-state index in [0.29, 0.717) is 17.0 Å². The van der Waals surface area contributed by atoms with Crippen LogP contribution in [0.4, 0.5) is 4.39 Å². The van der Waals surface area contributed by atoms with Crippen LogP contribution in [0.15, 0.2) is 12.1 Å². The van der Waals surface area contributed by atoms with Crippen molar-refractivity contribution in [2.75, 3.05) is 19.6 Å². The van der Waals surface area contributed by atoms with Crippen molar-refractivity contribution in [1.29, 1.82) is 0 Å². The number of benzene rings is 1. The SMILES string of the molecule is CCN(CC)CCCn1c(CCl)nc2cc(F)c(C)cc21. The molecule has 0 unspecified atom stereocenters. The largest absolute Gasteiger partial charge is 0.327 e. The van der Waals surface area contributed by atoms with Crippen molar-refractivity contribution in [1.82, 2.24) is 14.5 Å². The van der Waals surface area contributed by atoms with Crippen molar-refractivity contribution < 1.29 is 4.39 Å². The molecule has 0 atom stereocenters. The zero-order valence-corrected chi connectivity index (χ0v) is 13.8. The monoisotopic (exact) mass is 311 g/mol. The Morgan fingerprint density at radius 1 is 1.29 bits per heavy atom. The second-order valence-electron chi connectivity index (χ2n) is 5.28. The van der Waals surface area contributed by atoms with Gasteiger partial charge in [0.2, 0.25) is 0 Å². The highest BCUT2D eigenvalue weighted by Gasteiger charge is 2.12. The van der Waals surface area contributed by atoms with Crippen LogP contribution in [0.5, 0.6) is 0 Å². The van der Waals surface area contributed by atoms with Crippen LogP contribution in [0.1, 0.15) is 31.7 Å². The average molecular weight is 312 g/mol. The first kappa shape index (κ1) is 16.2. The third-order valence-electron chi connectivity index (χ3n) is 3.98. The van der Waals surface area contributed by atoms with E-state index in [0.717, 1.165) is 43.9 Å². The van der Waals surface area contributed by atoms with Gasteiger partial charge in [0.25, 0.3) is 0 Å². The molecule has 0 amide bonds. The maximum atomic E-state index is 13.7. The Bertz CT molecular complexity index is 605. The first-order valence-corrected chi connectivity index (χ1v) is 8.07. The minimum atomic E-state index is -0.212. The van der Waals surface area contributed by atoms with E-state index >= 15 is 0 Å². The van der Waals surface area contributed by atoms with E-state index in [1.54, 1.807) is 6.92 Å². The van der Waals surface area contributed by atoms with Gasteiger partial charge in [-0.15, -0.1) is 11.6 Å². The molecule has 0 N–H and O–H groups in total. The molecular formula is C16H23ClFN3. The molecule has 0 radical (unpaired) electrons. The summed E-state index contributed by atoms with van der Waals surface area (Å²) in [5.41, 5.74) is 2.31. The molecular weight excluding hydrogens is 289 g/mol. The molecule has 3 nitrogen and oxygen atoms in total. The van der Waals surface area contributed by atoms with Gasteiger partial charge in [0.05, 0.1) is 16.9 Å². The van der Waals surface area contributed by atoms with Crippen LogP contribution in [0.3, 0.4) is 0 Å². The molecule has 2 aromatic rings. The molecule has 1 aromatic carbocycles. The van der Waals surface area contributed by atoms with E-state index in [1.165, 1.54) is 6.07 Å². The van der Waals surface area contributed by atoms with Gasteiger partial charge >= 0.3 is 0 Å². The minimum absolute atomic E-state index is 0.212. The van der Waals surface area contributed by atoms with Gasteiger partial charge in [-0.25, -0.2) is 9.37 Å². The Kier molecular flexibility index (Phi) is 5.59. The van der Waals surface area contributed by atoms with Crippen LogP contribution in [0.25, 0.3) is 11.0 Å². The molecule has 1 aromatic heterocycles. The number of nitrogens with zero attached hydrogens (tertiary/aromatic N) is 3. The normalized spacial score (nSPS) is 11.7. The molecule has 0 aliphatic carbocycles. The quantitative estimate of drug-likeness (QED) is 0.722. The van der Waals surface area contributed by atoms with Gasteiger partial charge in [-0.3, -0.25) is 0 Å². The lowest BCUT2D eigenvalue weighted by atomic mass is 10.2. The number of halogens is 2. The zero-order chi connectivity index (χ0) is 15.4. The fourth-order valence-electron chi connectivity index (χ4n) is 2.64. The molecule has 0 saturated heterocycles. The second kappa shape index (κ2) is 7.23. The van der Waals surface area contributed by atoms with Gasteiger partial charge in [-0.1, -0.05) is 13.8 Å². The van der Waals surface area contributed by atoms with Gasteiger partial charge in [0.1, 0.15) is 11.6 Å². The maximum absolute atomic E-state index is 13.7. The topological polar surface area (TPSA) is 21.1 Å². The summed E-state index contributed by atoms with van der Waals surface area (Å²) in [6, 6.07) is 3.37. The number of alkyl halides is 1. The highest BCUT2D eigenvalue weighted by Crippen LogP contribution is 2.21. The molecule has 2 rings (SSSR count). The van der Waals surface area contributed by atoms with E-state index in [1.807, 2.05) is 6.07 Å². The first-order chi connectivity index (χ1) is 10.1. The molecule has 1 heterocycles. The van der Waals surface area contributed by atoms with Crippen LogP contribution in [0.2, 0.25) is 0 Å². The molecule has 0 spiro atoms. The van der Waals surface area contributed by atoms with Gasteiger partial charge in [-0.2, -0.15) is 0 Å². The predicted molar refractivity (Wildman–Crippen MR) is 86.4 cm³/mol. The molecule has 116 valence electrons. The summed E-state index contributed by atoms with van der Waals surface area (Å²) in [4.78, 5) is 6.84. The van der Waals surface area contributed by atoms with E-state index in [4.69, 9.17) is 11.6 Å². The Morgan fingerprint density at radius 3 is 2.62 bits per heavy atom. The molecule has 21 heavy (non-hydrogen) atoms. The number of imidazole rings is 1. The fourth-order valence-corrected chi connectivity index (χ4v) is 2.85. The van der Waals surface area contributed by atoms with Crippen molar-refractivity contribution in [3.63, 3.8) is 0 Å². The summed E-state index contributed by atoms with van der Waals surface area (Å²) in [5.74, 6) is 0.952. The number of hydrogen-bond donors (Lipinski definition) is 0. The highest BCUT2D eigenvalue weighted by atomic mass is 35.5. The molecule has 0 fully saturated rings. The van der Waals surface area contributed by atoms with Crippen LogP contribution in [-0.4, -0.2) is 34.1 Å². The third kappa shape index (κ3) is 3.55. The number of aromatic nitrogens is 2. The Morgan fingerprint density at radius 2 is 2.00 bits per heavy atom. The van der Waals surface area contributed by atoms with Crippen molar-refractivity contribution >= 4 is 22.6 Å². The number of rotatable bonds is 7. The summed E-state index contributed by atoms with van der Waals surface area (Å²) in [6.45, 7) is 10.2. The lowest BCUT2D eigenvalue weighted by Gasteiger charge is -2.18. The Labute approximate surface area is 130 Å². The summed E-state index contributed by atoms with van der Waals surface area (Å²) >= 11 is 5.99. The second-order valence-corrected chi connectivity index (χ2v) is 5.55.